The predicted molar refractivity (Wildman–Crippen MR) is 50.4 cm³/mol. The SMILES string of the molecule is CCCC(=O)SCCc1ncno1. The normalized spacial score (nSPS) is 10.2. The van der Waals surface area contributed by atoms with Gasteiger partial charge in [0.05, 0.1) is 0 Å². The van der Waals surface area contributed by atoms with Crippen molar-refractivity contribution in [3.8, 4) is 0 Å². The zero-order chi connectivity index (χ0) is 9.52. The van der Waals surface area contributed by atoms with E-state index in [0.717, 1.165) is 12.2 Å². The van der Waals surface area contributed by atoms with Crippen LogP contribution in [0.4, 0.5) is 0 Å². The molecule has 0 aromatic carbocycles. The Morgan fingerprint density at radius 2 is 2.54 bits per heavy atom. The number of aromatic nitrogens is 2. The van der Waals surface area contributed by atoms with Crippen molar-refractivity contribution >= 4 is 16.9 Å². The smallest absolute Gasteiger partial charge is 0.227 e. The minimum atomic E-state index is 0.238. The highest BCUT2D eigenvalue weighted by molar-refractivity contribution is 8.13. The van der Waals surface area contributed by atoms with Gasteiger partial charge in [-0.3, -0.25) is 4.79 Å². The summed E-state index contributed by atoms with van der Waals surface area (Å²) in [6.07, 6.45) is 3.59. The van der Waals surface area contributed by atoms with Crippen molar-refractivity contribution in [2.75, 3.05) is 5.75 Å². The molecular weight excluding hydrogens is 188 g/mol. The van der Waals surface area contributed by atoms with Crippen molar-refractivity contribution in [1.82, 2.24) is 10.1 Å². The lowest BCUT2D eigenvalue weighted by Gasteiger charge is -1.95. The molecule has 1 aromatic heterocycles. The van der Waals surface area contributed by atoms with Crippen LogP contribution in [0.3, 0.4) is 0 Å². The average molecular weight is 200 g/mol. The van der Waals surface area contributed by atoms with E-state index in [9.17, 15) is 4.79 Å². The van der Waals surface area contributed by atoms with E-state index in [1.165, 1.54) is 18.1 Å². The number of aryl methyl sites for hydroxylation is 1. The molecule has 0 spiro atoms. The van der Waals surface area contributed by atoms with Crippen molar-refractivity contribution in [1.29, 1.82) is 0 Å². The van der Waals surface area contributed by atoms with Crippen molar-refractivity contribution in [2.24, 2.45) is 0 Å². The highest BCUT2D eigenvalue weighted by atomic mass is 32.2. The van der Waals surface area contributed by atoms with Crippen LogP contribution in [0.25, 0.3) is 0 Å². The van der Waals surface area contributed by atoms with Crippen LogP contribution in [0.1, 0.15) is 25.7 Å². The highest BCUT2D eigenvalue weighted by Gasteiger charge is 2.03. The number of nitrogens with zero attached hydrogens (tertiary/aromatic N) is 2. The second-order valence-electron chi connectivity index (χ2n) is 2.56. The first-order chi connectivity index (χ1) is 6.33. The largest absolute Gasteiger partial charge is 0.340 e. The van der Waals surface area contributed by atoms with E-state index in [0.29, 0.717) is 18.7 Å². The molecule has 0 saturated carbocycles. The van der Waals surface area contributed by atoms with Gasteiger partial charge in [-0.25, -0.2) is 0 Å². The maximum atomic E-state index is 11.1. The highest BCUT2D eigenvalue weighted by Crippen LogP contribution is 2.09. The number of hydrogen-bond donors (Lipinski definition) is 0. The quantitative estimate of drug-likeness (QED) is 0.723. The Morgan fingerprint density at radius 1 is 1.69 bits per heavy atom. The number of carbonyl (C=O) groups excluding carboxylic acids is 1. The first-order valence-electron chi connectivity index (χ1n) is 4.24. The predicted octanol–water partition coefficient (Wildman–Crippen LogP) is 1.67. The molecule has 0 aliphatic carbocycles. The second-order valence-corrected chi connectivity index (χ2v) is 3.71. The zero-order valence-electron chi connectivity index (χ0n) is 7.52. The van der Waals surface area contributed by atoms with E-state index in [-0.39, 0.29) is 5.12 Å². The van der Waals surface area contributed by atoms with Gasteiger partial charge < -0.3 is 4.52 Å². The lowest BCUT2D eigenvalue weighted by atomic mass is 10.4. The summed E-state index contributed by atoms with van der Waals surface area (Å²) in [5.74, 6) is 1.32. The van der Waals surface area contributed by atoms with Crippen LogP contribution in [0.15, 0.2) is 10.9 Å². The van der Waals surface area contributed by atoms with Gasteiger partial charge in [0.25, 0.3) is 0 Å². The first-order valence-corrected chi connectivity index (χ1v) is 5.22. The maximum absolute atomic E-state index is 11.1. The molecule has 1 rings (SSSR count). The Balaban J connectivity index is 2.11. The van der Waals surface area contributed by atoms with Crippen LogP contribution < -0.4 is 0 Å². The molecule has 0 unspecified atom stereocenters. The Kier molecular flexibility index (Phi) is 4.53. The minimum Gasteiger partial charge on any atom is -0.340 e. The summed E-state index contributed by atoms with van der Waals surface area (Å²) in [6.45, 7) is 2.00. The molecule has 72 valence electrons. The van der Waals surface area contributed by atoms with Gasteiger partial charge in [0, 0.05) is 18.6 Å². The van der Waals surface area contributed by atoms with E-state index >= 15 is 0 Å². The summed E-state index contributed by atoms with van der Waals surface area (Å²) >= 11 is 1.33. The van der Waals surface area contributed by atoms with Gasteiger partial charge in [0.2, 0.25) is 5.89 Å². The van der Waals surface area contributed by atoms with Gasteiger partial charge in [-0.1, -0.05) is 23.8 Å². The molecule has 4 nitrogen and oxygen atoms in total. The lowest BCUT2D eigenvalue weighted by Crippen LogP contribution is -1.95. The monoisotopic (exact) mass is 200 g/mol. The standard InChI is InChI=1S/C8H12N2O2S/c1-2-3-8(11)13-5-4-7-9-6-10-12-7/h6H,2-5H2,1H3. The van der Waals surface area contributed by atoms with Gasteiger partial charge in [-0.15, -0.1) is 0 Å². The third kappa shape index (κ3) is 4.07. The molecule has 0 aliphatic heterocycles. The Morgan fingerprint density at radius 3 is 3.15 bits per heavy atom. The fourth-order valence-corrected chi connectivity index (χ4v) is 1.69. The average Bonchev–Trinajstić information content (AvgIpc) is 2.57. The number of hydrogen-bond acceptors (Lipinski definition) is 5. The van der Waals surface area contributed by atoms with Crippen LogP contribution in [0.5, 0.6) is 0 Å². The topological polar surface area (TPSA) is 56.0 Å². The number of rotatable bonds is 5. The van der Waals surface area contributed by atoms with Crippen LogP contribution in [-0.4, -0.2) is 21.0 Å². The van der Waals surface area contributed by atoms with Crippen LogP contribution in [0.2, 0.25) is 0 Å². The summed E-state index contributed by atoms with van der Waals surface area (Å²) in [4.78, 5) is 14.9. The minimum absolute atomic E-state index is 0.238. The molecule has 0 atom stereocenters. The van der Waals surface area contributed by atoms with Gasteiger partial charge in [-0.05, 0) is 6.42 Å². The summed E-state index contributed by atoms with van der Waals surface area (Å²) in [7, 11) is 0. The van der Waals surface area contributed by atoms with E-state index in [2.05, 4.69) is 10.1 Å². The van der Waals surface area contributed by atoms with Gasteiger partial charge in [0.1, 0.15) is 0 Å². The molecule has 13 heavy (non-hydrogen) atoms. The third-order valence-electron chi connectivity index (χ3n) is 1.44. The number of carbonyl (C=O) groups is 1. The van der Waals surface area contributed by atoms with Crippen molar-refractivity contribution in [2.45, 2.75) is 26.2 Å². The van der Waals surface area contributed by atoms with E-state index < -0.39 is 0 Å². The molecular formula is C8H12N2O2S. The van der Waals surface area contributed by atoms with E-state index in [4.69, 9.17) is 4.52 Å². The molecule has 0 N–H and O–H groups in total. The van der Waals surface area contributed by atoms with Crippen LogP contribution in [0, 0.1) is 0 Å². The van der Waals surface area contributed by atoms with Gasteiger partial charge in [0.15, 0.2) is 11.4 Å². The van der Waals surface area contributed by atoms with Gasteiger partial charge >= 0.3 is 0 Å². The maximum Gasteiger partial charge on any atom is 0.227 e. The molecule has 5 heteroatoms. The molecule has 0 bridgehead atoms. The summed E-state index contributed by atoms with van der Waals surface area (Å²) in [5, 5.41) is 3.71. The summed E-state index contributed by atoms with van der Waals surface area (Å²) in [5.41, 5.74) is 0. The van der Waals surface area contributed by atoms with Crippen LogP contribution in [-0.2, 0) is 11.2 Å². The summed E-state index contributed by atoms with van der Waals surface area (Å²) < 4.78 is 4.79. The Labute approximate surface area is 81.1 Å². The molecule has 1 aromatic rings. The van der Waals surface area contributed by atoms with E-state index in [1.54, 1.807) is 0 Å². The molecule has 0 amide bonds. The Bertz CT molecular complexity index is 249. The fraction of sp³-hybridized carbons (Fsp3) is 0.625. The van der Waals surface area contributed by atoms with Crippen molar-refractivity contribution < 1.29 is 9.32 Å². The first kappa shape index (κ1) is 10.2. The zero-order valence-corrected chi connectivity index (χ0v) is 8.34. The molecule has 0 saturated heterocycles. The van der Waals surface area contributed by atoms with Crippen molar-refractivity contribution in [3.63, 3.8) is 0 Å². The molecule has 1 heterocycles. The summed E-state index contributed by atoms with van der Waals surface area (Å²) in [6, 6.07) is 0. The Hall–Kier alpha value is -0.840. The fourth-order valence-electron chi connectivity index (χ4n) is 0.835. The molecule has 0 aliphatic rings. The molecule has 0 fully saturated rings. The van der Waals surface area contributed by atoms with Crippen LogP contribution >= 0.6 is 11.8 Å². The van der Waals surface area contributed by atoms with E-state index in [1.807, 2.05) is 6.92 Å². The lowest BCUT2D eigenvalue weighted by molar-refractivity contribution is -0.111. The number of thioether (sulfide) groups is 1. The molecule has 0 radical (unpaired) electrons. The second kappa shape index (κ2) is 5.75. The van der Waals surface area contributed by atoms with Crippen molar-refractivity contribution in [3.05, 3.63) is 12.2 Å². The third-order valence-corrected chi connectivity index (χ3v) is 2.37. The van der Waals surface area contributed by atoms with Gasteiger partial charge in [-0.2, -0.15) is 4.98 Å².